The number of likely N-dealkylation sites (N-methyl/N-ethyl adjacent to an activating group) is 1. The molecule has 31 heavy (non-hydrogen) atoms. The van der Waals surface area contributed by atoms with Crippen molar-refractivity contribution in [3.05, 3.63) is 76.1 Å². The summed E-state index contributed by atoms with van der Waals surface area (Å²) in [6, 6.07) is 17.4. The van der Waals surface area contributed by atoms with Gasteiger partial charge in [0.25, 0.3) is 0 Å². The summed E-state index contributed by atoms with van der Waals surface area (Å²) in [4.78, 5) is 15.1. The Morgan fingerprint density at radius 2 is 1.74 bits per heavy atom. The number of ether oxygens (including phenoxy) is 1. The lowest BCUT2D eigenvalue weighted by molar-refractivity contribution is 0.184. The van der Waals surface area contributed by atoms with Crippen LogP contribution in [0.25, 0.3) is 10.9 Å². The first kappa shape index (κ1) is 23.3. The van der Waals surface area contributed by atoms with Crippen molar-refractivity contribution in [1.82, 2.24) is 10.3 Å². The molecule has 0 saturated carbocycles. The van der Waals surface area contributed by atoms with Crippen LogP contribution in [0.15, 0.2) is 59.4 Å². The van der Waals surface area contributed by atoms with Crippen molar-refractivity contribution in [1.29, 1.82) is 0 Å². The molecule has 0 fully saturated rings. The van der Waals surface area contributed by atoms with Crippen LogP contribution in [0.1, 0.15) is 38.0 Å². The van der Waals surface area contributed by atoms with E-state index in [1.807, 2.05) is 49.5 Å². The number of aromatic amines is 1. The number of nitrogens with one attached hydrogen (secondary N) is 2. The van der Waals surface area contributed by atoms with Crippen molar-refractivity contribution >= 4 is 19.2 Å². The van der Waals surface area contributed by atoms with E-state index >= 15 is 0 Å². The van der Waals surface area contributed by atoms with Gasteiger partial charge in [-0.3, -0.25) is 4.79 Å². The molecule has 2 aromatic carbocycles. The van der Waals surface area contributed by atoms with Gasteiger partial charge in [-0.2, -0.15) is 0 Å². The fraction of sp³-hybridized carbons (Fsp3) is 0.400. The Hall–Kier alpha value is -2.41. The van der Waals surface area contributed by atoms with E-state index in [9.17, 15) is 4.79 Å². The largest absolute Gasteiger partial charge is 0.487 e. The molecule has 3 aromatic rings. The van der Waals surface area contributed by atoms with E-state index in [0.717, 1.165) is 16.5 Å². The van der Waals surface area contributed by atoms with Gasteiger partial charge in [0.15, 0.2) is 8.32 Å². The molecule has 0 bridgehead atoms. The third-order valence-electron chi connectivity index (χ3n) is 6.11. The number of fused-ring (bicyclic) bond motifs is 1. The Labute approximate surface area is 185 Å². The van der Waals surface area contributed by atoms with Crippen molar-refractivity contribution in [2.75, 3.05) is 13.6 Å². The van der Waals surface area contributed by atoms with Crippen LogP contribution in [0.5, 0.6) is 5.75 Å². The molecule has 2 N–H and O–H groups in total. The molecular formula is C25H34N2O3Si. The van der Waals surface area contributed by atoms with Gasteiger partial charge in [-0.1, -0.05) is 57.2 Å². The second-order valence-electron chi connectivity index (χ2n) is 9.46. The fourth-order valence-corrected chi connectivity index (χ4v) is 4.59. The van der Waals surface area contributed by atoms with Gasteiger partial charge < -0.3 is 19.5 Å². The molecule has 5 nitrogen and oxygen atoms in total. The first-order valence-corrected chi connectivity index (χ1v) is 13.7. The summed E-state index contributed by atoms with van der Waals surface area (Å²) in [5, 5.41) is 4.32. The van der Waals surface area contributed by atoms with Crippen LogP contribution in [-0.2, 0) is 11.0 Å². The lowest BCUT2D eigenvalue weighted by atomic mass is 10.0. The Balaban J connectivity index is 2.01. The number of hydrogen-bond acceptors (Lipinski definition) is 4. The minimum atomic E-state index is -2.00. The molecule has 0 amide bonds. The molecule has 3 rings (SSSR count). The maximum atomic E-state index is 12.1. The van der Waals surface area contributed by atoms with E-state index in [4.69, 9.17) is 9.16 Å². The lowest BCUT2D eigenvalue weighted by Crippen LogP contribution is -2.43. The average Bonchev–Trinajstić information content (AvgIpc) is 2.71. The molecular weight excluding hydrogens is 404 g/mol. The minimum Gasteiger partial charge on any atom is -0.487 e. The van der Waals surface area contributed by atoms with Crippen molar-refractivity contribution in [2.24, 2.45) is 0 Å². The molecule has 166 valence electrons. The predicted molar refractivity (Wildman–Crippen MR) is 130 cm³/mol. The average molecular weight is 439 g/mol. The molecule has 0 aliphatic rings. The normalized spacial score (nSPS) is 13.4. The Kier molecular flexibility index (Phi) is 7.04. The molecule has 0 saturated heterocycles. The summed E-state index contributed by atoms with van der Waals surface area (Å²) < 4.78 is 12.9. The molecule has 0 spiro atoms. The van der Waals surface area contributed by atoms with Crippen LogP contribution in [0.4, 0.5) is 0 Å². The van der Waals surface area contributed by atoms with Crippen LogP contribution in [0.2, 0.25) is 18.1 Å². The van der Waals surface area contributed by atoms with Gasteiger partial charge in [0.05, 0.1) is 11.6 Å². The molecule has 0 aliphatic carbocycles. The van der Waals surface area contributed by atoms with Crippen LogP contribution in [-0.4, -0.2) is 26.9 Å². The van der Waals surface area contributed by atoms with Crippen LogP contribution in [0, 0.1) is 0 Å². The third-order valence-corrected chi connectivity index (χ3v) is 10.6. The van der Waals surface area contributed by atoms with Gasteiger partial charge in [0, 0.05) is 18.0 Å². The summed E-state index contributed by atoms with van der Waals surface area (Å²) in [5.41, 5.74) is 2.69. The molecule has 1 heterocycles. The van der Waals surface area contributed by atoms with Crippen LogP contribution in [0.3, 0.4) is 0 Å². The Bertz CT molecular complexity index is 1070. The third kappa shape index (κ3) is 5.45. The highest BCUT2D eigenvalue weighted by Gasteiger charge is 2.39. The smallest absolute Gasteiger partial charge is 0.248 e. The highest BCUT2D eigenvalue weighted by Crippen LogP contribution is 2.41. The molecule has 1 atom stereocenters. The fourth-order valence-electron chi connectivity index (χ4n) is 3.32. The second-order valence-corrected chi connectivity index (χ2v) is 14.2. The van der Waals surface area contributed by atoms with E-state index in [0.29, 0.717) is 24.4 Å². The number of pyridine rings is 1. The zero-order chi connectivity index (χ0) is 22.6. The summed E-state index contributed by atoms with van der Waals surface area (Å²) in [5.74, 6) is 0.663. The summed E-state index contributed by atoms with van der Waals surface area (Å²) in [6.45, 7) is 12.4. The first-order chi connectivity index (χ1) is 14.6. The van der Waals surface area contributed by atoms with Gasteiger partial charge in [-0.15, -0.1) is 0 Å². The van der Waals surface area contributed by atoms with E-state index < -0.39 is 8.32 Å². The van der Waals surface area contributed by atoms with Gasteiger partial charge >= 0.3 is 0 Å². The van der Waals surface area contributed by atoms with E-state index in [2.05, 4.69) is 50.2 Å². The van der Waals surface area contributed by atoms with Gasteiger partial charge in [0.1, 0.15) is 12.4 Å². The monoisotopic (exact) mass is 438 g/mol. The number of rotatable bonds is 8. The van der Waals surface area contributed by atoms with Crippen molar-refractivity contribution in [3.63, 3.8) is 0 Å². The zero-order valence-corrected chi connectivity index (χ0v) is 20.4. The molecule has 0 aliphatic heterocycles. The lowest BCUT2D eigenvalue weighted by Gasteiger charge is -2.39. The highest BCUT2D eigenvalue weighted by atomic mass is 28.4. The zero-order valence-electron chi connectivity index (χ0n) is 19.4. The highest BCUT2D eigenvalue weighted by molar-refractivity contribution is 6.74. The van der Waals surface area contributed by atoms with E-state index in [1.54, 1.807) is 6.07 Å². The summed E-state index contributed by atoms with van der Waals surface area (Å²) in [7, 11) is -0.0684. The quantitative estimate of drug-likeness (QED) is 0.463. The SMILES string of the molecule is CNC[C@H](O[Si](C)(C)C(C)(C)C)c1ccc(OCc2ccccc2)c2[nH]c(=O)ccc12. The Morgan fingerprint density at radius 3 is 2.39 bits per heavy atom. The number of benzene rings is 2. The maximum absolute atomic E-state index is 12.1. The first-order valence-electron chi connectivity index (χ1n) is 10.8. The Morgan fingerprint density at radius 1 is 1.03 bits per heavy atom. The predicted octanol–water partition coefficient (Wildman–Crippen LogP) is 5.39. The number of aromatic nitrogens is 1. The summed E-state index contributed by atoms with van der Waals surface area (Å²) in [6.07, 6.45) is -0.123. The van der Waals surface area contributed by atoms with E-state index in [1.165, 1.54) is 0 Å². The van der Waals surface area contributed by atoms with E-state index in [-0.39, 0.29) is 16.7 Å². The van der Waals surface area contributed by atoms with Crippen molar-refractivity contribution in [2.45, 2.75) is 51.6 Å². The topological polar surface area (TPSA) is 63.4 Å². The minimum absolute atomic E-state index is 0.0991. The summed E-state index contributed by atoms with van der Waals surface area (Å²) >= 11 is 0. The van der Waals surface area contributed by atoms with Crippen LogP contribution < -0.4 is 15.6 Å². The van der Waals surface area contributed by atoms with Crippen molar-refractivity contribution < 1.29 is 9.16 Å². The molecule has 0 radical (unpaired) electrons. The standard InChI is InChI=1S/C25H34N2O3Si/c1-25(2,3)31(5,6)30-22(16-26-4)19-12-14-21(24-20(19)13-15-23(28)27-24)29-17-18-10-8-7-9-11-18/h7-15,22,26H,16-17H2,1-6H3,(H,27,28)/t22-/m0/s1. The molecule has 6 heteroatoms. The number of hydrogen-bond donors (Lipinski definition) is 2. The second kappa shape index (κ2) is 9.38. The van der Waals surface area contributed by atoms with Crippen molar-refractivity contribution in [3.8, 4) is 5.75 Å². The molecule has 0 unspecified atom stereocenters. The van der Waals surface area contributed by atoms with Gasteiger partial charge in [0.2, 0.25) is 5.56 Å². The van der Waals surface area contributed by atoms with Gasteiger partial charge in [-0.05, 0) is 48.4 Å². The van der Waals surface area contributed by atoms with Gasteiger partial charge in [-0.25, -0.2) is 0 Å². The number of H-pyrrole nitrogens is 1. The maximum Gasteiger partial charge on any atom is 0.248 e. The molecule has 1 aromatic heterocycles. The van der Waals surface area contributed by atoms with Crippen LogP contribution >= 0.6 is 0 Å².